The number of fused-ring (bicyclic) bond motifs is 14. The Morgan fingerprint density at radius 1 is 0.924 bits per heavy atom. The number of aromatic nitrogens is 1. The van der Waals surface area contributed by atoms with Crippen molar-refractivity contribution in [2.45, 2.75) is 119 Å². The molecule has 424 valence electrons. The lowest BCUT2D eigenvalue weighted by Gasteiger charge is -2.37. The van der Waals surface area contributed by atoms with E-state index < -0.39 is 124 Å². The molecule has 6 aliphatic rings. The molecule has 0 unspecified atom stereocenters. The van der Waals surface area contributed by atoms with Gasteiger partial charge >= 0.3 is 17.7 Å². The van der Waals surface area contributed by atoms with Gasteiger partial charge in [0.25, 0.3) is 11.7 Å². The Morgan fingerprint density at radius 3 is 2.25 bits per heavy atom. The van der Waals surface area contributed by atoms with Crippen molar-refractivity contribution in [2.24, 2.45) is 35.5 Å². The number of aliphatic hydroxyl groups excluding tert-OH is 2. The molecule has 21 nitrogen and oxygen atoms in total. The molecule has 8 rings (SSSR count). The van der Waals surface area contributed by atoms with Crippen molar-refractivity contribution in [3.63, 3.8) is 0 Å². The number of rotatable bonds is 11. The van der Waals surface area contributed by atoms with Crippen LogP contribution < -0.4 is 30.4 Å². The van der Waals surface area contributed by atoms with Crippen LogP contribution in [-0.2, 0) is 38.2 Å². The molecular formula is C58H71N5O16. The first-order valence-electron chi connectivity index (χ1n) is 26.6. The van der Waals surface area contributed by atoms with Crippen LogP contribution in [0.4, 0.5) is 11.4 Å². The molecule has 5 aliphatic heterocycles. The number of amides is 2. The molecule has 0 radical (unpaired) electrons. The first-order valence-corrected chi connectivity index (χ1v) is 26.6. The number of hydrogen-bond donors (Lipinski definition) is 5. The molecule has 1 fully saturated rings. The maximum absolute atomic E-state index is 15.2. The van der Waals surface area contributed by atoms with Crippen molar-refractivity contribution in [1.82, 2.24) is 15.2 Å². The third-order valence-corrected chi connectivity index (χ3v) is 15.3. The lowest BCUT2D eigenvalue weighted by Crippen LogP contribution is -2.47. The van der Waals surface area contributed by atoms with Gasteiger partial charge < -0.3 is 63.8 Å². The molecule has 5 bridgehead atoms. The predicted molar refractivity (Wildman–Crippen MR) is 292 cm³/mol. The number of benzene rings is 3. The highest BCUT2D eigenvalue weighted by atomic mass is 16.7. The number of ketones is 1. The van der Waals surface area contributed by atoms with Gasteiger partial charge in [0.15, 0.2) is 17.1 Å². The number of aliphatic hydroxyl groups is 2. The zero-order chi connectivity index (χ0) is 57.9. The molecule has 9 atom stereocenters. The Hall–Kier alpha value is -7.49. The van der Waals surface area contributed by atoms with E-state index in [2.05, 4.69) is 29.4 Å². The second-order valence-corrected chi connectivity index (χ2v) is 21.7. The molecule has 0 spiro atoms. The SMILES string of the molecule is CC(=O)O[C@H]1[C@H](C)[C@H](O)[C@H](C)[C@@H](O)[C@@H](C)/C=C/C=C(/C)C(=O)Nc2c3oc4cc(N5CCN(CC(C)C)CC5)cc(OC(=O)CCC(=O)NC(C=O)C=O)c4nc-3c3c4c(c(C)c(O)c3c2=O)O[C@](C)(O/C=C/[C@H](C)[C@H]1C)C4=O. The largest absolute Gasteiger partial charge is 0.507 e. The molecule has 79 heavy (non-hydrogen) atoms. The van der Waals surface area contributed by atoms with E-state index in [0.717, 1.165) is 6.54 Å². The lowest BCUT2D eigenvalue weighted by molar-refractivity contribution is -0.158. The van der Waals surface area contributed by atoms with Crippen LogP contribution in [0.5, 0.6) is 17.2 Å². The van der Waals surface area contributed by atoms with E-state index in [4.69, 9.17) is 28.3 Å². The highest BCUT2D eigenvalue weighted by Crippen LogP contribution is 2.51. The summed E-state index contributed by atoms with van der Waals surface area (Å²) in [6.45, 7) is 21.9. The van der Waals surface area contributed by atoms with E-state index >= 15 is 9.59 Å². The van der Waals surface area contributed by atoms with Gasteiger partial charge in [0.1, 0.15) is 53.1 Å². The number of aromatic hydroxyl groups is 1. The number of esters is 2. The smallest absolute Gasteiger partial charge is 0.312 e. The minimum atomic E-state index is -2.13. The van der Waals surface area contributed by atoms with Gasteiger partial charge in [-0.1, -0.05) is 66.7 Å². The highest BCUT2D eigenvalue weighted by molar-refractivity contribution is 6.22. The molecule has 5 heterocycles. The van der Waals surface area contributed by atoms with Gasteiger partial charge in [-0.25, -0.2) is 4.98 Å². The van der Waals surface area contributed by atoms with E-state index in [-0.39, 0.29) is 68.7 Å². The zero-order valence-corrected chi connectivity index (χ0v) is 46.4. The lowest BCUT2D eigenvalue weighted by atomic mass is 9.77. The summed E-state index contributed by atoms with van der Waals surface area (Å²) in [5.74, 6) is -9.69. The van der Waals surface area contributed by atoms with Crippen molar-refractivity contribution in [3.8, 4) is 28.7 Å². The number of Topliss-reactive ketones (excluding diaryl/α,β-unsaturated/α-hetero) is 1. The number of allylic oxidation sites excluding steroid dienone is 3. The third-order valence-electron chi connectivity index (χ3n) is 15.3. The second kappa shape index (κ2) is 24.3. The summed E-state index contributed by atoms with van der Waals surface area (Å²) in [7, 11) is 0. The van der Waals surface area contributed by atoms with Crippen LogP contribution in [0.1, 0.15) is 98.0 Å². The number of nitrogens with one attached hydrogen (secondary N) is 2. The Morgan fingerprint density at radius 2 is 1.61 bits per heavy atom. The number of phenolic OH excluding ortho intramolecular Hbond substituents is 1. The summed E-state index contributed by atoms with van der Waals surface area (Å²) in [5.41, 5.74) is -1.47. The first-order chi connectivity index (χ1) is 37.3. The number of nitrogens with zero attached hydrogens (tertiary/aromatic N) is 3. The molecule has 0 aromatic heterocycles. The second-order valence-electron chi connectivity index (χ2n) is 21.7. The topological polar surface area (TPSA) is 291 Å². The van der Waals surface area contributed by atoms with Gasteiger partial charge in [0.05, 0.1) is 35.8 Å². The quantitative estimate of drug-likeness (QED) is 0.0291. The minimum absolute atomic E-state index is 0.0287. The van der Waals surface area contributed by atoms with E-state index in [1.54, 1.807) is 51.1 Å². The van der Waals surface area contributed by atoms with Crippen molar-refractivity contribution in [1.29, 1.82) is 0 Å². The number of ether oxygens (including phenoxy) is 4. The van der Waals surface area contributed by atoms with E-state index in [1.165, 1.54) is 40.0 Å². The Bertz CT molecular complexity index is 3170. The van der Waals surface area contributed by atoms with Gasteiger partial charge in [0, 0.05) is 105 Å². The van der Waals surface area contributed by atoms with Crippen LogP contribution in [0.3, 0.4) is 0 Å². The van der Waals surface area contributed by atoms with Gasteiger partial charge in [-0.15, -0.1) is 0 Å². The number of carbonyl (C=O) groups excluding carboxylic acids is 7. The fraction of sp³-hybridized carbons (Fsp3) is 0.500. The Labute approximate surface area is 457 Å². The Balaban J connectivity index is 1.45. The molecule has 0 saturated carbocycles. The highest BCUT2D eigenvalue weighted by Gasteiger charge is 2.50. The summed E-state index contributed by atoms with van der Waals surface area (Å²) in [6, 6.07) is 1.79. The molecule has 1 saturated heterocycles. The molecular weight excluding hydrogens is 1020 g/mol. The van der Waals surface area contributed by atoms with Crippen molar-refractivity contribution in [2.75, 3.05) is 42.9 Å². The number of hydrogen-bond acceptors (Lipinski definition) is 19. The maximum Gasteiger partial charge on any atom is 0.312 e. The van der Waals surface area contributed by atoms with Gasteiger partial charge in [-0.05, 0) is 37.7 Å². The number of aldehydes is 2. The molecule has 2 aromatic carbocycles. The summed E-state index contributed by atoms with van der Waals surface area (Å²) in [5, 5.41) is 39.4. The summed E-state index contributed by atoms with van der Waals surface area (Å²) < 4.78 is 30.9. The summed E-state index contributed by atoms with van der Waals surface area (Å²) >= 11 is 0. The van der Waals surface area contributed by atoms with Crippen LogP contribution in [0.2, 0.25) is 0 Å². The molecule has 2 amide bonds. The zero-order valence-electron chi connectivity index (χ0n) is 46.4. The van der Waals surface area contributed by atoms with E-state index in [0.29, 0.717) is 37.8 Å². The normalized spacial score (nSPS) is 26.8. The van der Waals surface area contributed by atoms with Gasteiger partial charge in [0.2, 0.25) is 11.3 Å². The van der Waals surface area contributed by atoms with Crippen molar-refractivity contribution >= 4 is 75.4 Å². The minimum Gasteiger partial charge on any atom is -0.507 e. The number of anilines is 2. The summed E-state index contributed by atoms with van der Waals surface area (Å²) in [6.07, 6.45) is 3.96. The molecule has 21 heteroatoms. The van der Waals surface area contributed by atoms with Crippen LogP contribution in [0.15, 0.2) is 57.5 Å². The number of phenols is 1. The predicted octanol–water partition coefficient (Wildman–Crippen LogP) is 5.92. The number of carbonyl (C=O) groups is 7. The Kier molecular flexibility index (Phi) is 18.2. The van der Waals surface area contributed by atoms with Gasteiger partial charge in [-0.3, -0.25) is 33.7 Å². The first kappa shape index (κ1) is 59.2. The van der Waals surface area contributed by atoms with Gasteiger partial charge in [-0.2, -0.15) is 0 Å². The van der Waals surface area contributed by atoms with Crippen molar-refractivity contribution in [3.05, 3.63) is 69.6 Å². The average molecular weight is 1090 g/mol. The monoisotopic (exact) mass is 1090 g/mol. The van der Waals surface area contributed by atoms with Crippen LogP contribution in [0.25, 0.3) is 33.3 Å². The fourth-order valence-electron chi connectivity index (χ4n) is 10.4. The standard InChI is InChI=1S/C58H71N5O16/c1-28(2)25-62-18-20-63(21-19-62)38-23-39(77-42(68)16-15-41(67)59-37(26-64)27-65)46-40(24-38)78-55-47(60-46)43-44-51(71)35(9)54-45(43)56(73)58(11,79-54)75-22-17-29(3)32(6)53(76-36(10)66)34(8)50(70)33(7)49(69)30(4)13-12-14-31(5)57(74)61-48(55)52(44)72/h12-14,17,22-24,26-30,32-34,37,49-50,53,69-71H,15-16,18-21,25H2,1-11H3,(H,59,67)(H,61,74)/b13-12+,22-17+,31-14-/t29-,30-,32+,33+,34+,49-,50+,53+,58-/m0/s1. The average Bonchev–Trinajstić information content (AvgIpc) is 4.00. The fourth-order valence-corrected chi connectivity index (χ4v) is 10.4. The van der Waals surface area contributed by atoms with Crippen LogP contribution in [0, 0.1) is 42.4 Å². The van der Waals surface area contributed by atoms with E-state index in [9.17, 15) is 44.1 Å². The molecule has 1 aliphatic carbocycles. The van der Waals surface area contributed by atoms with E-state index in [1.807, 2.05) is 18.7 Å². The maximum atomic E-state index is 15.2. The molecule has 5 N–H and O–H groups in total. The molecule has 2 aromatic rings. The van der Waals surface area contributed by atoms with Crippen LogP contribution >= 0.6 is 0 Å². The summed E-state index contributed by atoms with van der Waals surface area (Å²) in [4.78, 5) is 115. The number of piperazine rings is 1. The van der Waals surface area contributed by atoms with Crippen molar-refractivity contribution < 1.29 is 72.2 Å². The third kappa shape index (κ3) is 12.4. The van der Waals surface area contributed by atoms with Crippen LogP contribution in [-0.4, -0.2) is 130 Å².